The molecule has 1 aliphatic rings. The van der Waals surface area contributed by atoms with Gasteiger partial charge in [0.2, 0.25) is 5.91 Å². The summed E-state index contributed by atoms with van der Waals surface area (Å²) in [6, 6.07) is 9.23. The molecule has 0 atom stereocenters. The van der Waals surface area contributed by atoms with Crippen LogP contribution in [0.25, 0.3) is 0 Å². The summed E-state index contributed by atoms with van der Waals surface area (Å²) in [6.45, 7) is 3.41. The van der Waals surface area contributed by atoms with Crippen molar-refractivity contribution >= 4 is 17.5 Å². The number of carbonyl (C=O) groups excluding carboxylic acids is 2. The lowest BCUT2D eigenvalue weighted by molar-refractivity contribution is -0.274. The van der Waals surface area contributed by atoms with Crippen molar-refractivity contribution in [1.82, 2.24) is 9.80 Å². The van der Waals surface area contributed by atoms with Gasteiger partial charge < -0.3 is 15.0 Å². The van der Waals surface area contributed by atoms with E-state index in [1.807, 2.05) is 4.90 Å². The van der Waals surface area contributed by atoms with E-state index < -0.39 is 12.2 Å². The fourth-order valence-electron chi connectivity index (χ4n) is 3.16. The van der Waals surface area contributed by atoms with Crippen LogP contribution in [0.3, 0.4) is 0 Å². The van der Waals surface area contributed by atoms with Gasteiger partial charge in [-0.05, 0) is 48.9 Å². The second-order valence-corrected chi connectivity index (χ2v) is 7.15. The van der Waals surface area contributed by atoms with Gasteiger partial charge in [-0.3, -0.25) is 14.5 Å². The zero-order valence-corrected chi connectivity index (χ0v) is 16.7. The Hall–Kier alpha value is -3.14. The van der Waals surface area contributed by atoms with Crippen molar-refractivity contribution in [2.45, 2.75) is 13.3 Å². The maximum absolute atomic E-state index is 13.7. The van der Waals surface area contributed by atoms with Crippen molar-refractivity contribution in [3.05, 3.63) is 59.4 Å². The summed E-state index contributed by atoms with van der Waals surface area (Å²) in [7, 11) is 0. The molecule has 3 rings (SSSR count). The van der Waals surface area contributed by atoms with E-state index in [0.717, 1.165) is 12.1 Å². The Morgan fingerprint density at radius 2 is 1.68 bits per heavy atom. The summed E-state index contributed by atoms with van der Waals surface area (Å²) in [6.07, 6.45) is -4.78. The van der Waals surface area contributed by atoms with Gasteiger partial charge in [0.15, 0.2) is 0 Å². The molecule has 0 spiro atoms. The van der Waals surface area contributed by atoms with Gasteiger partial charge in [-0.2, -0.15) is 0 Å². The van der Waals surface area contributed by atoms with Gasteiger partial charge in [-0.1, -0.05) is 6.07 Å². The molecule has 31 heavy (non-hydrogen) atoms. The first-order valence-corrected chi connectivity index (χ1v) is 9.54. The van der Waals surface area contributed by atoms with E-state index in [2.05, 4.69) is 10.1 Å². The maximum Gasteiger partial charge on any atom is 0.573 e. The molecule has 0 bridgehead atoms. The minimum atomic E-state index is -4.78. The van der Waals surface area contributed by atoms with Crippen molar-refractivity contribution in [2.75, 3.05) is 38.0 Å². The van der Waals surface area contributed by atoms with Gasteiger partial charge in [0, 0.05) is 37.4 Å². The molecule has 6 nitrogen and oxygen atoms in total. The molecule has 2 aromatic carbocycles. The topological polar surface area (TPSA) is 61.9 Å². The predicted molar refractivity (Wildman–Crippen MR) is 105 cm³/mol. The molecule has 0 aliphatic carbocycles. The number of rotatable bonds is 5. The number of hydrogen-bond acceptors (Lipinski definition) is 4. The average Bonchev–Trinajstić information content (AvgIpc) is 2.70. The maximum atomic E-state index is 13.7. The third-order valence-electron chi connectivity index (χ3n) is 4.82. The quantitative estimate of drug-likeness (QED) is 0.726. The highest BCUT2D eigenvalue weighted by Gasteiger charge is 2.31. The van der Waals surface area contributed by atoms with Crippen LogP contribution in [0, 0.1) is 12.7 Å². The normalized spacial score (nSPS) is 14.9. The summed E-state index contributed by atoms with van der Waals surface area (Å²) in [5, 5.41) is 2.61. The van der Waals surface area contributed by atoms with E-state index in [1.54, 1.807) is 24.0 Å². The number of amides is 2. The Bertz CT molecular complexity index is 940. The van der Waals surface area contributed by atoms with Gasteiger partial charge in [-0.15, -0.1) is 13.2 Å². The number of anilines is 1. The molecule has 2 amide bonds. The average molecular weight is 439 g/mol. The molecule has 0 unspecified atom stereocenters. The van der Waals surface area contributed by atoms with E-state index in [9.17, 15) is 27.2 Å². The summed E-state index contributed by atoms with van der Waals surface area (Å²) in [4.78, 5) is 28.2. The molecule has 166 valence electrons. The molecule has 10 heteroatoms. The SMILES string of the molecule is Cc1ccc(C(=O)N2CCN(CC(=O)Nc3ccc(OC(F)(F)F)cc3)CC2)cc1F. The number of piperazine rings is 1. The van der Waals surface area contributed by atoms with Crippen molar-refractivity contribution in [1.29, 1.82) is 0 Å². The van der Waals surface area contributed by atoms with Gasteiger partial charge in [0.25, 0.3) is 5.91 Å². The van der Waals surface area contributed by atoms with E-state index in [-0.39, 0.29) is 29.7 Å². The highest BCUT2D eigenvalue weighted by molar-refractivity contribution is 5.94. The molecule has 1 aliphatic heterocycles. The van der Waals surface area contributed by atoms with Crippen molar-refractivity contribution in [3.8, 4) is 5.75 Å². The zero-order valence-electron chi connectivity index (χ0n) is 16.7. The van der Waals surface area contributed by atoms with Crippen molar-refractivity contribution in [2.24, 2.45) is 0 Å². The Kier molecular flexibility index (Phi) is 6.79. The third kappa shape index (κ3) is 6.42. The Morgan fingerprint density at radius 1 is 1.03 bits per heavy atom. The number of benzene rings is 2. The first-order valence-electron chi connectivity index (χ1n) is 9.54. The molecule has 0 radical (unpaired) electrons. The lowest BCUT2D eigenvalue weighted by Gasteiger charge is -2.34. The van der Waals surface area contributed by atoms with Crippen molar-refractivity contribution < 1.29 is 31.9 Å². The summed E-state index contributed by atoms with van der Waals surface area (Å²) in [5.74, 6) is -1.40. The van der Waals surface area contributed by atoms with Crippen LogP contribution in [0.4, 0.5) is 23.2 Å². The van der Waals surface area contributed by atoms with Crippen LogP contribution in [0.5, 0.6) is 5.75 Å². The number of aryl methyl sites for hydroxylation is 1. The monoisotopic (exact) mass is 439 g/mol. The van der Waals surface area contributed by atoms with Crippen LogP contribution in [0.2, 0.25) is 0 Å². The molecular weight excluding hydrogens is 418 g/mol. The third-order valence-corrected chi connectivity index (χ3v) is 4.82. The van der Waals surface area contributed by atoms with Gasteiger partial charge in [0.1, 0.15) is 11.6 Å². The van der Waals surface area contributed by atoms with Crippen LogP contribution in [0.1, 0.15) is 15.9 Å². The second kappa shape index (κ2) is 9.34. The molecule has 1 saturated heterocycles. The zero-order chi connectivity index (χ0) is 22.6. The smallest absolute Gasteiger partial charge is 0.406 e. The van der Waals surface area contributed by atoms with E-state index >= 15 is 0 Å². The highest BCUT2D eigenvalue weighted by atomic mass is 19.4. The fraction of sp³-hybridized carbons (Fsp3) is 0.333. The minimum Gasteiger partial charge on any atom is -0.406 e. The van der Waals surface area contributed by atoms with Gasteiger partial charge in [0.05, 0.1) is 6.54 Å². The Morgan fingerprint density at radius 3 is 2.26 bits per heavy atom. The van der Waals surface area contributed by atoms with E-state index in [0.29, 0.717) is 37.4 Å². The van der Waals surface area contributed by atoms with Crippen LogP contribution < -0.4 is 10.1 Å². The lowest BCUT2D eigenvalue weighted by Crippen LogP contribution is -2.50. The van der Waals surface area contributed by atoms with Crippen LogP contribution in [-0.4, -0.2) is 60.7 Å². The standard InChI is InChI=1S/C21H21F4N3O3/c1-14-2-3-15(12-18(14)22)20(30)28-10-8-27(9-11-28)13-19(29)26-16-4-6-17(7-5-16)31-21(23,24)25/h2-7,12H,8-11,13H2,1H3,(H,26,29). The predicted octanol–water partition coefficient (Wildman–Crippen LogP) is 3.43. The largest absolute Gasteiger partial charge is 0.573 e. The first kappa shape index (κ1) is 22.5. The highest BCUT2D eigenvalue weighted by Crippen LogP contribution is 2.24. The molecule has 1 fully saturated rings. The summed E-state index contributed by atoms with van der Waals surface area (Å²) < 4.78 is 54.0. The van der Waals surface area contributed by atoms with Gasteiger partial charge >= 0.3 is 6.36 Å². The van der Waals surface area contributed by atoms with Crippen LogP contribution in [0.15, 0.2) is 42.5 Å². The number of halogens is 4. The number of nitrogens with one attached hydrogen (secondary N) is 1. The first-order chi connectivity index (χ1) is 14.6. The molecule has 1 heterocycles. The number of hydrogen-bond donors (Lipinski definition) is 1. The summed E-state index contributed by atoms with van der Waals surface area (Å²) in [5.41, 5.74) is 1.09. The molecule has 2 aromatic rings. The second-order valence-electron chi connectivity index (χ2n) is 7.15. The molecule has 0 saturated carbocycles. The van der Waals surface area contributed by atoms with E-state index in [1.165, 1.54) is 18.2 Å². The Balaban J connectivity index is 1.46. The lowest BCUT2D eigenvalue weighted by atomic mass is 10.1. The van der Waals surface area contributed by atoms with Crippen LogP contribution in [-0.2, 0) is 4.79 Å². The molecular formula is C21H21F4N3O3. The summed E-state index contributed by atoms with van der Waals surface area (Å²) >= 11 is 0. The number of alkyl halides is 3. The minimum absolute atomic E-state index is 0.0714. The van der Waals surface area contributed by atoms with Crippen LogP contribution >= 0.6 is 0 Å². The number of nitrogens with zero attached hydrogens (tertiary/aromatic N) is 2. The van der Waals surface area contributed by atoms with Gasteiger partial charge in [-0.25, -0.2) is 4.39 Å². The van der Waals surface area contributed by atoms with E-state index in [4.69, 9.17) is 0 Å². The number of carbonyl (C=O) groups is 2. The fourth-order valence-corrected chi connectivity index (χ4v) is 3.16. The molecule has 1 N–H and O–H groups in total. The molecule has 0 aromatic heterocycles. The number of ether oxygens (including phenoxy) is 1. The van der Waals surface area contributed by atoms with Crippen molar-refractivity contribution in [3.63, 3.8) is 0 Å². The Labute approximate surface area is 176 Å².